The van der Waals surface area contributed by atoms with Crippen LogP contribution in [0.5, 0.6) is 0 Å². The van der Waals surface area contributed by atoms with Crippen molar-refractivity contribution >= 4 is 10.0 Å². The molecule has 0 radical (unpaired) electrons. The molecule has 7 heteroatoms. The third-order valence-corrected chi connectivity index (χ3v) is 4.88. The fraction of sp³-hybridized carbons (Fsp3) is 0.769. The summed E-state index contributed by atoms with van der Waals surface area (Å²) in [6.07, 6.45) is 3.16. The van der Waals surface area contributed by atoms with E-state index in [1.807, 2.05) is 6.92 Å². The van der Waals surface area contributed by atoms with Gasteiger partial charge >= 0.3 is 0 Å². The highest BCUT2D eigenvalue weighted by molar-refractivity contribution is 7.89. The Labute approximate surface area is 120 Å². The summed E-state index contributed by atoms with van der Waals surface area (Å²) >= 11 is 0. The summed E-state index contributed by atoms with van der Waals surface area (Å²) < 4.78 is 27.2. The van der Waals surface area contributed by atoms with Gasteiger partial charge in [-0.3, -0.25) is 5.10 Å². The van der Waals surface area contributed by atoms with Crippen LogP contribution >= 0.6 is 0 Å². The average Bonchev–Trinajstić information content (AvgIpc) is 3.09. The summed E-state index contributed by atoms with van der Waals surface area (Å²) in [7, 11) is -3.53. The first-order valence-electron chi connectivity index (χ1n) is 7.17. The number of hydrogen-bond donors (Lipinski definition) is 3. The van der Waals surface area contributed by atoms with Crippen LogP contribution in [0.4, 0.5) is 0 Å². The number of aryl methyl sites for hydroxylation is 1. The Morgan fingerprint density at radius 2 is 2.10 bits per heavy atom. The Balaban J connectivity index is 2.05. The van der Waals surface area contributed by atoms with Crippen molar-refractivity contribution in [3.05, 3.63) is 11.3 Å². The lowest BCUT2D eigenvalue weighted by molar-refractivity contribution is 0.547. The second-order valence-corrected chi connectivity index (χ2v) is 7.55. The van der Waals surface area contributed by atoms with E-state index in [2.05, 4.69) is 34.1 Å². The molecule has 1 saturated carbocycles. The monoisotopic (exact) mass is 300 g/mol. The highest BCUT2D eigenvalue weighted by atomic mass is 32.2. The fourth-order valence-electron chi connectivity index (χ4n) is 1.94. The normalized spacial score (nSPS) is 16.0. The first-order chi connectivity index (χ1) is 9.40. The zero-order valence-electron chi connectivity index (χ0n) is 12.4. The molecule has 0 aliphatic heterocycles. The lowest BCUT2D eigenvalue weighted by Crippen LogP contribution is -2.28. The van der Waals surface area contributed by atoms with E-state index in [0.29, 0.717) is 25.0 Å². The number of rotatable bonds is 8. The van der Waals surface area contributed by atoms with Crippen molar-refractivity contribution in [2.45, 2.75) is 57.6 Å². The molecular formula is C13H24N4O2S. The van der Waals surface area contributed by atoms with E-state index in [0.717, 1.165) is 17.7 Å². The van der Waals surface area contributed by atoms with Gasteiger partial charge in [0.1, 0.15) is 0 Å². The molecule has 0 spiro atoms. The number of nitrogens with zero attached hydrogens (tertiary/aromatic N) is 1. The van der Waals surface area contributed by atoms with Crippen LogP contribution in [0.1, 0.15) is 44.4 Å². The predicted molar refractivity (Wildman–Crippen MR) is 77.8 cm³/mol. The summed E-state index contributed by atoms with van der Waals surface area (Å²) in [6.45, 7) is 6.98. The number of nitrogens with one attached hydrogen (secondary N) is 3. The molecular weight excluding hydrogens is 276 g/mol. The maximum Gasteiger partial charge on any atom is 0.260 e. The summed E-state index contributed by atoms with van der Waals surface area (Å²) in [5, 5.41) is 10.2. The molecule has 0 unspecified atom stereocenters. The number of H-pyrrole nitrogens is 1. The third-order valence-electron chi connectivity index (χ3n) is 3.45. The Hall–Kier alpha value is -0.920. The summed E-state index contributed by atoms with van der Waals surface area (Å²) in [4.78, 5) is 0. The quantitative estimate of drug-likeness (QED) is 0.675. The second kappa shape index (κ2) is 6.24. The fourth-order valence-corrected chi connectivity index (χ4v) is 3.18. The molecule has 0 aromatic carbocycles. The van der Waals surface area contributed by atoms with E-state index < -0.39 is 10.0 Å². The van der Waals surface area contributed by atoms with E-state index >= 15 is 0 Å². The Morgan fingerprint density at radius 1 is 1.40 bits per heavy atom. The topological polar surface area (TPSA) is 86.9 Å². The smallest absolute Gasteiger partial charge is 0.260 e. The van der Waals surface area contributed by atoms with Crippen molar-refractivity contribution < 1.29 is 8.42 Å². The molecule has 0 saturated heterocycles. The molecule has 0 bridgehead atoms. The van der Waals surface area contributed by atoms with Crippen LogP contribution in [0.2, 0.25) is 0 Å². The van der Waals surface area contributed by atoms with Gasteiger partial charge in [-0.1, -0.05) is 13.8 Å². The first-order valence-corrected chi connectivity index (χ1v) is 8.65. The minimum absolute atomic E-state index is 0.131. The SMILES string of the molecule is Cc1[nH]nc(S(=O)(=O)NCCC(C)C)c1CNC1CC1. The van der Waals surface area contributed by atoms with Crippen LogP contribution in [0.15, 0.2) is 5.03 Å². The minimum Gasteiger partial charge on any atom is -0.310 e. The van der Waals surface area contributed by atoms with Gasteiger partial charge < -0.3 is 5.32 Å². The van der Waals surface area contributed by atoms with E-state index in [1.54, 1.807) is 0 Å². The van der Waals surface area contributed by atoms with Crippen molar-refractivity contribution in [2.24, 2.45) is 5.92 Å². The summed E-state index contributed by atoms with van der Waals surface area (Å²) in [5.74, 6) is 0.467. The zero-order chi connectivity index (χ0) is 14.8. The Kier molecular flexibility index (Phi) is 4.82. The highest BCUT2D eigenvalue weighted by Gasteiger charge is 2.26. The van der Waals surface area contributed by atoms with Gasteiger partial charge in [0.2, 0.25) is 0 Å². The van der Waals surface area contributed by atoms with Crippen LogP contribution < -0.4 is 10.0 Å². The van der Waals surface area contributed by atoms with Crippen molar-refractivity contribution in [3.63, 3.8) is 0 Å². The van der Waals surface area contributed by atoms with Crippen molar-refractivity contribution in [3.8, 4) is 0 Å². The van der Waals surface area contributed by atoms with Crippen LogP contribution in [-0.4, -0.2) is 31.2 Å². The zero-order valence-corrected chi connectivity index (χ0v) is 13.2. The molecule has 114 valence electrons. The molecule has 0 atom stereocenters. The third kappa shape index (κ3) is 4.04. The highest BCUT2D eigenvalue weighted by Crippen LogP contribution is 2.22. The minimum atomic E-state index is -3.53. The predicted octanol–water partition coefficient (Wildman–Crippen LogP) is 1.29. The van der Waals surface area contributed by atoms with Gasteiger partial charge in [0, 0.05) is 30.4 Å². The van der Waals surface area contributed by atoms with E-state index in [1.165, 1.54) is 12.8 Å². The number of aromatic nitrogens is 2. The molecule has 1 aromatic rings. The molecule has 0 amide bonds. The lowest BCUT2D eigenvalue weighted by Gasteiger charge is -2.09. The second-order valence-electron chi connectivity index (χ2n) is 5.87. The molecule has 20 heavy (non-hydrogen) atoms. The lowest BCUT2D eigenvalue weighted by atomic mass is 10.1. The van der Waals surface area contributed by atoms with Crippen molar-refractivity contribution in [2.75, 3.05) is 6.54 Å². The van der Waals surface area contributed by atoms with Gasteiger partial charge in [0.15, 0.2) is 5.03 Å². The molecule has 2 rings (SSSR count). The van der Waals surface area contributed by atoms with Crippen LogP contribution in [0.3, 0.4) is 0 Å². The van der Waals surface area contributed by atoms with E-state index in [9.17, 15) is 8.42 Å². The van der Waals surface area contributed by atoms with Gasteiger partial charge in [-0.15, -0.1) is 0 Å². The molecule has 6 nitrogen and oxygen atoms in total. The van der Waals surface area contributed by atoms with Gasteiger partial charge in [0.05, 0.1) is 0 Å². The standard InChI is InChI=1S/C13H24N4O2S/c1-9(2)6-7-15-20(18,19)13-12(10(3)16-17-13)8-14-11-4-5-11/h9,11,14-15H,4-8H2,1-3H3,(H,16,17). The number of hydrogen-bond acceptors (Lipinski definition) is 4. The molecule has 1 aliphatic carbocycles. The van der Waals surface area contributed by atoms with Crippen molar-refractivity contribution in [1.82, 2.24) is 20.2 Å². The van der Waals surface area contributed by atoms with Crippen molar-refractivity contribution in [1.29, 1.82) is 0 Å². The molecule has 1 fully saturated rings. The maximum absolute atomic E-state index is 12.3. The first kappa shape index (κ1) is 15.5. The molecule has 1 heterocycles. The molecule has 1 aliphatic rings. The van der Waals surface area contributed by atoms with Crippen LogP contribution in [0.25, 0.3) is 0 Å². The average molecular weight is 300 g/mol. The number of sulfonamides is 1. The van der Waals surface area contributed by atoms with Gasteiger partial charge in [-0.05, 0) is 32.1 Å². The van der Waals surface area contributed by atoms with Crippen LogP contribution in [0, 0.1) is 12.8 Å². The van der Waals surface area contributed by atoms with Gasteiger partial charge in [-0.25, -0.2) is 13.1 Å². The van der Waals surface area contributed by atoms with Gasteiger partial charge in [-0.2, -0.15) is 5.10 Å². The molecule has 3 N–H and O–H groups in total. The maximum atomic E-state index is 12.3. The summed E-state index contributed by atoms with van der Waals surface area (Å²) in [6, 6.07) is 0.536. The summed E-state index contributed by atoms with van der Waals surface area (Å²) in [5.41, 5.74) is 1.55. The Morgan fingerprint density at radius 3 is 2.70 bits per heavy atom. The van der Waals surface area contributed by atoms with Gasteiger partial charge in [0.25, 0.3) is 10.0 Å². The van der Waals surface area contributed by atoms with E-state index in [-0.39, 0.29) is 5.03 Å². The number of aromatic amines is 1. The van der Waals surface area contributed by atoms with Crippen LogP contribution in [-0.2, 0) is 16.6 Å². The van der Waals surface area contributed by atoms with E-state index in [4.69, 9.17) is 0 Å². The Bertz CT molecular complexity index is 547. The largest absolute Gasteiger partial charge is 0.310 e. The molecule has 1 aromatic heterocycles.